The number of hydrogen-bond acceptors (Lipinski definition) is 3. The zero-order chi connectivity index (χ0) is 18.0. The third kappa shape index (κ3) is 4.20. The number of likely N-dealkylation sites (tertiary alicyclic amines) is 2. The summed E-state index contributed by atoms with van der Waals surface area (Å²) < 4.78 is 0. The number of hydrogen-bond donors (Lipinski definition) is 0. The minimum atomic E-state index is -0.334. The summed E-state index contributed by atoms with van der Waals surface area (Å²) >= 11 is 0. The second-order valence-electron chi connectivity index (χ2n) is 8.48. The predicted octanol–water partition coefficient (Wildman–Crippen LogP) is 2.71. The molecule has 2 fully saturated rings. The first-order chi connectivity index (χ1) is 11.8. The van der Waals surface area contributed by atoms with E-state index in [1.54, 1.807) is 6.20 Å². The molecule has 2 atom stereocenters. The van der Waals surface area contributed by atoms with Crippen molar-refractivity contribution in [3.05, 3.63) is 30.1 Å². The Hall–Kier alpha value is -1.91. The van der Waals surface area contributed by atoms with Crippen molar-refractivity contribution >= 4 is 11.8 Å². The molecule has 2 saturated heterocycles. The van der Waals surface area contributed by atoms with Crippen LogP contribution in [0.2, 0.25) is 0 Å². The van der Waals surface area contributed by atoms with Gasteiger partial charge in [0.25, 0.3) is 0 Å². The van der Waals surface area contributed by atoms with E-state index in [1.165, 1.54) is 0 Å². The van der Waals surface area contributed by atoms with Crippen LogP contribution in [0.15, 0.2) is 24.5 Å². The van der Waals surface area contributed by atoms with Crippen molar-refractivity contribution in [3.8, 4) is 0 Å². The van der Waals surface area contributed by atoms with E-state index in [0.29, 0.717) is 24.8 Å². The molecule has 1 aromatic rings. The first-order valence-corrected chi connectivity index (χ1v) is 9.30. The summed E-state index contributed by atoms with van der Waals surface area (Å²) in [7, 11) is 0. The molecule has 3 rings (SSSR count). The lowest BCUT2D eigenvalue weighted by molar-refractivity contribution is -0.142. The molecule has 136 valence electrons. The van der Waals surface area contributed by atoms with Crippen LogP contribution in [-0.2, 0) is 16.1 Å². The van der Waals surface area contributed by atoms with Crippen LogP contribution in [0.3, 0.4) is 0 Å². The third-order valence-corrected chi connectivity index (χ3v) is 5.48. The van der Waals surface area contributed by atoms with Gasteiger partial charge in [0.15, 0.2) is 0 Å². The van der Waals surface area contributed by atoms with Gasteiger partial charge in [-0.1, -0.05) is 26.8 Å². The molecule has 1 aromatic heterocycles. The molecule has 2 aliphatic rings. The number of carbonyl (C=O) groups excluding carboxylic acids is 2. The van der Waals surface area contributed by atoms with E-state index < -0.39 is 0 Å². The first kappa shape index (κ1) is 17.9. The smallest absolute Gasteiger partial charge is 0.227 e. The maximum atomic E-state index is 12.7. The molecule has 0 bridgehead atoms. The maximum Gasteiger partial charge on any atom is 0.227 e. The highest BCUT2D eigenvalue weighted by atomic mass is 16.2. The average Bonchev–Trinajstić information content (AvgIpc) is 2.73. The fourth-order valence-electron chi connectivity index (χ4n) is 4.01. The van der Waals surface area contributed by atoms with Crippen LogP contribution in [0.25, 0.3) is 0 Å². The fourth-order valence-corrected chi connectivity index (χ4v) is 4.01. The van der Waals surface area contributed by atoms with E-state index >= 15 is 0 Å². The van der Waals surface area contributed by atoms with E-state index in [2.05, 4.69) is 4.98 Å². The number of carbonyl (C=O) groups is 2. The normalized spacial score (nSPS) is 24.7. The van der Waals surface area contributed by atoms with Crippen LogP contribution >= 0.6 is 0 Å². The molecule has 5 heteroatoms. The van der Waals surface area contributed by atoms with Gasteiger partial charge < -0.3 is 9.80 Å². The summed E-state index contributed by atoms with van der Waals surface area (Å²) in [6.07, 6.45) is 6.12. The van der Waals surface area contributed by atoms with Crippen molar-refractivity contribution < 1.29 is 9.59 Å². The summed E-state index contributed by atoms with van der Waals surface area (Å²) in [5, 5.41) is 0. The SMILES string of the molecule is CC(C)(C)C(=O)N1CC[C@@H]2CC(=O)N(Cc3cccnc3)CC[C@H]2C1. The number of fused-ring (bicyclic) bond motifs is 1. The topological polar surface area (TPSA) is 53.5 Å². The van der Waals surface area contributed by atoms with Crippen LogP contribution in [-0.4, -0.2) is 46.2 Å². The van der Waals surface area contributed by atoms with Crippen LogP contribution in [0.4, 0.5) is 0 Å². The Morgan fingerprint density at radius 2 is 2.00 bits per heavy atom. The second kappa shape index (κ2) is 7.14. The van der Waals surface area contributed by atoms with E-state index in [4.69, 9.17) is 0 Å². The van der Waals surface area contributed by atoms with E-state index in [9.17, 15) is 9.59 Å². The molecule has 0 N–H and O–H groups in total. The summed E-state index contributed by atoms with van der Waals surface area (Å²) in [4.78, 5) is 33.4. The number of nitrogens with zero attached hydrogens (tertiary/aromatic N) is 3. The Labute approximate surface area is 150 Å². The minimum absolute atomic E-state index is 0.230. The highest BCUT2D eigenvalue weighted by molar-refractivity contribution is 5.81. The molecule has 0 radical (unpaired) electrons. The van der Waals surface area contributed by atoms with E-state index in [0.717, 1.165) is 38.0 Å². The molecule has 0 aliphatic carbocycles. The van der Waals surface area contributed by atoms with Gasteiger partial charge in [-0.3, -0.25) is 14.6 Å². The molecule has 2 aliphatic heterocycles. The van der Waals surface area contributed by atoms with Gasteiger partial charge in [-0.25, -0.2) is 0 Å². The average molecular weight is 343 g/mol. The molecule has 5 nitrogen and oxygen atoms in total. The molecule has 0 saturated carbocycles. The minimum Gasteiger partial charge on any atom is -0.342 e. The second-order valence-corrected chi connectivity index (χ2v) is 8.48. The van der Waals surface area contributed by atoms with Crippen molar-refractivity contribution in [2.24, 2.45) is 17.3 Å². The fraction of sp³-hybridized carbons (Fsp3) is 0.650. The van der Waals surface area contributed by atoms with Crippen LogP contribution in [0, 0.1) is 17.3 Å². The van der Waals surface area contributed by atoms with Gasteiger partial charge in [-0.15, -0.1) is 0 Å². The lowest BCUT2D eigenvalue weighted by Crippen LogP contribution is -2.47. The number of amides is 2. The van der Waals surface area contributed by atoms with Crippen molar-refractivity contribution in [1.82, 2.24) is 14.8 Å². The Balaban J connectivity index is 1.65. The van der Waals surface area contributed by atoms with Gasteiger partial charge in [0.05, 0.1) is 0 Å². The molecule has 25 heavy (non-hydrogen) atoms. The highest BCUT2D eigenvalue weighted by Gasteiger charge is 2.38. The van der Waals surface area contributed by atoms with Gasteiger partial charge in [-0.2, -0.15) is 0 Å². The lowest BCUT2D eigenvalue weighted by Gasteiger charge is -2.40. The predicted molar refractivity (Wildman–Crippen MR) is 96.5 cm³/mol. The number of pyridine rings is 1. The molecular weight excluding hydrogens is 314 g/mol. The van der Waals surface area contributed by atoms with E-state index in [1.807, 2.05) is 48.9 Å². The maximum absolute atomic E-state index is 12.7. The first-order valence-electron chi connectivity index (χ1n) is 9.30. The van der Waals surface area contributed by atoms with Crippen LogP contribution in [0.5, 0.6) is 0 Å². The molecule has 3 heterocycles. The van der Waals surface area contributed by atoms with Crippen LogP contribution in [0.1, 0.15) is 45.6 Å². The summed E-state index contributed by atoms with van der Waals surface area (Å²) in [6.45, 7) is 8.93. The quantitative estimate of drug-likeness (QED) is 0.830. The number of aromatic nitrogens is 1. The van der Waals surface area contributed by atoms with Gasteiger partial charge >= 0.3 is 0 Å². The zero-order valence-electron chi connectivity index (χ0n) is 15.6. The monoisotopic (exact) mass is 343 g/mol. The summed E-state index contributed by atoms with van der Waals surface area (Å²) in [5.74, 6) is 1.32. The Kier molecular flexibility index (Phi) is 5.11. The van der Waals surface area contributed by atoms with Crippen molar-refractivity contribution in [2.45, 2.75) is 46.6 Å². The summed E-state index contributed by atoms with van der Waals surface area (Å²) in [6, 6.07) is 3.93. The van der Waals surface area contributed by atoms with Gasteiger partial charge in [0, 0.05) is 50.4 Å². The van der Waals surface area contributed by atoms with Gasteiger partial charge in [0.1, 0.15) is 0 Å². The molecule has 0 unspecified atom stereocenters. The molecular formula is C20H29N3O2. The molecule has 0 spiro atoms. The third-order valence-electron chi connectivity index (χ3n) is 5.48. The van der Waals surface area contributed by atoms with Crippen molar-refractivity contribution in [1.29, 1.82) is 0 Å². The number of piperidine rings is 1. The summed E-state index contributed by atoms with van der Waals surface area (Å²) in [5.41, 5.74) is 0.741. The Morgan fingerprint density at radius 3 is 2.68 bits per heavy atom. The highest BCUT2D eigenvalue weighted by Crippen LogP contribution is 2.34. The van der Waals surface area contributed by atoms with Gasteiger partial charge in [0.2, 0.25) is 11.8 Å². The lowest BCUT2D eigenvalue weighted by atomic mass is 9.81. The number of rotatable bonds is 2. The largest absolute Gasteiger partial charge is 0.342 e. The van der Waals surface area contributed by atoms with Crippen molar-refractivity contribution in [3.63, 3.8) is 0 Å². The molecule has 2 amide bonds. The Bertz CT molecular complexity index is 624. The zero-order valence-corrected chi connectivity index (χ0v) is 15.6. The van der Waals surface area contributed by atoms with Crippen LogP contribution < -0.4 is 0 Å². The molecule has 0 aromatic carbocycles. The van der Waals surface area contributed by atoms with Crippen molar-refractivity contribution in [2.75, 3.05) is 19.6 Å². The van der Waals surface area contributed by atoms with Gasteiger partial charge in [-0.05, 0) is 36.3 Å². The Morgan fingerprint density at radius 1 is 1.24 bits per heavy atom. The van der Waals surface area contributed by atoms with E-state index in [-0.39, 0.29) is 17.2 Å². The standard InChI is InChI=1S/C20H29N3O2/c1-20(2,3)19(25)23-10-6-16-11-18(24)22(9-7-17(16)14-23)13-15-5-4-8-21-12-15/h4-5,8,12,16-17H,6-7,9-11,13-14H2,1-3H3/t16-,17+/m1/s1.